The molecule has 0 radical (unpaired) electrons. The number of aromatic nitrogens is 3. The fraction of sp³-hybridized carbons (Fsp3) is 0.522. The van der Waals surface area contributed by atoms with Gasteiger partial charge in [-0.05, 0) is 43.7 Å². The number of hydrogen-bond acceptors (Lipinski definition) is 5. The van der Waals surface area contributed by atoms with Crippen LogP contribution in [0.2, 0.25) is 0 Å². The topological polar surface area (TPSA) is 109 Å². The summed E-state index contributed by atoms with van der Waals surface area (Å²) in [6.45, 7) is 7.89. The Morgan fingerprint density at radius 2 is 1.97 bits per heavy atom. The van der Waals surface area contributed by atoms with E-state index in [2.05, 4.69) is 27.6 Å². The molecule has 3 heterocycles. The van der Waals surface area contributed by atoms with E-state index in [1.807, 2.05) is 26.8 Å². The number of imide groups is 1. The summed E-state index contributed by atoms with van der Waals surface area (Å²) in [5, 5.41) is 10.3. The largest absolute Gasteiger partial charge is 0.325 e. The Bertz CT molecular complexity index is 1030. The SMILES string of the molecule is CC1CCC2(CC1)NC(=O)N(CC(=O)Nc1cc(C(C)(C)C)nn1-c1ccccn1)C2=O. The van der Waals surface area contributed by atoms with Crippen molar-refractivity contribution in [2.45, 2.75) is 64.3 Å². The van der Waals surface area contributed by atoms with Gasteiger partial charge in [0.1, 0.15) is 17.9 Å². The van der Waals surface area contributed by atoms with E-state index in [1.54, 1.807) is 29.1 Å². The lowest BCUT2D eigenvalue weighted by Gasteiger charge is -2.33. The Hall–Kier alpha value is -3.23. The Morgan fingerprint density at radius 1 is 1.25 bits per heavy atom. The van der Waals surface area contributed by atoms with Crippen LogP contribution in [0.25, 0.3) is 5.82 Å². The molecule has 0 bridgehead atoms. The second-order valence-corrected chi connectivity index (χ2v) is 9.90. The zero-order valence-corrected chi connectivity index (χ0v) is 19.0. The van der Waals surface area contributed by atoms with E-state index in [4.69, 9.17) is 0 Å². The molecule has 2 N–H and O–H groups in total. The Balaban J connectivity index is 1.53. The van der Waals surface area contributed by atoms with Gasteiger partial charge in [0.05, 0.1) is 5.69 Å². The number of carbonyl (C=O) groups excluding carboxylic acids is 3. The highest BCUT2D eigenvalue weighted by atomic mass is 16.2. The molecular formula is C23H30N6O3. The first-order chi connectivity index (χ1) is 15.1. The summed E-state index contributed by atoms with van der Waals surface area (Å²) in [5.41, 5.74) is -0.322. The van der Waals surface area contributed by atoms with Crippen LogP contribution in [0.4, 0.5) is 10.6 Å². The third-order valence-corrected chi connectivity index (χ3v) is 6.29. The van der Waals surface area contributed by atoms with Crippen molar-refractivity contribution >= 4 is 23.7 Å². The minimum absolute atomic E-state index is 0.241. The number of nitrogens with zero attached hydrogens (tertiary/aromatic N) is 4. The predicted molar refractivity (Wildman–Crippen MR) is 119 cm³/mol. The van der Waals surface area contributed by atoms with Crippen molar-refractivity contribution in [3.8, 4) is 5.82 Å². The maximum Gasteiger partial charge on any atom is 0.325 e. The molecular weight excluding hydrogens is 408 g/mol. The summed E-state index contributed by atoms with van der Waals surface area (Å²) >= 11 is 0. The average Bonchev–Trinajstić information content (AvgIpc) is 3.26. The maximum atomic E-state index is 13.0. The molecule has 0 aromatic carbocycles. The lowest BCUT2D eigenvalue weighted by molar-refractivity contribution is -0.135. The van der Waals surface area contributed by atoms with Gasteiger partial charge in [0.25, 0.3) is 5.91 Å². The highest BCUT2D eigenvalue weighted by molar-refractivity contribution is 6.10. The Labute approximate surface area is 187 Å². The second kappa shape index (κ2) is 8.03. The predicted octanol–water partition coefficient (Wildman–Crippen LogP) is 3.00. The fourth-order valence-corrected chi connectivity index (χ4v) is 4.23. The van der Waals surface area contributed by atoms with Gasteiger partial charge >= 0.3 is 6.03 Å². The van der Waals surface area contributed by atoms with Gasteiger partial charge in [-0.1, -0.05) is 33.8 Å². The van der Waals surface area contributed by atoms with E-state index in [0.29, 0.717) is 30.4 Å². The number of carbonyl (C=O) groups is 3. The zero-order chi connectivity index (χ0) is 23.1. The van der Waals surface area contributed by atoms with E-state index in [-0.39, 0.29) is 17.9 Å². The minimum atomic E-state index is -0.862. The number of anilines is 1. The molecule has 1 aliphatic carbocycles. The van der Waals surface area contributed by atoms with Crippen LogP contribution in [0.15, 0.2) is 30.5 Å². The van der Waals surface area contributed by atoms with Gasteiger partial charge in [-0.2, -0.15) is 9.78 Å². The molecule has 9 heteroatoms. The van der Waals surface area contributed by atoms with Crippen LogP contribution in [-0.2, 0) is 15.0 Å². The van der Waals surface area contributed by atoms with Crippen molar-refractivity contribution in [2.75, 3.05) is 11.9 Å². The number of amides is 4. The van der Waals surface area contributed by atoms with Crippen molar-refractivity contribution in [3.63, 3.8) is 0 Å². The fourth-order valence-electron chi connectivity index (χ4n) is 4.23. The molecule has 2 aliphatic rings. The Kier molecular flexibility index (Phi) is 5.52. The maximum absolute atomic E-state index is 13.0. The van der Waals surface area contributed by atoms with Crippen LogP contribution in [0.1, 0.15) is 59.1 Å². The number of rotatable bonds is 4. The van der Waals surface area contributed by atoms with Gasteiger partial charge in [-0.25, -0.2) is 9.78 Å². The highest BCUT2D eigenvalue weighted by Crippen LogP contribution is 2.36. The zero-order valence-electron chi connectivity index (χ0n) is 19.0. The molecule has 1 saturated heterocycles. The van der Waals surface area contributed by atoms with Gasteiger partial charge in [0, 0.05) is 17.7 Å². The molecule has 1 saturated carbocycles. The van der Waals surface area contributed by atoms with Crippen LogP contribution in [0, 0.1) is 5.92 Å². The van der Waals surface area contributed by atoms with Crippen LogP contribution < -0.4 is 10.6 Å². The molecule has 0 atom stereocenters. The second-order valence-electron chi connectivity index (χ2n) is 9.90. The van der Waals surface area contributed by atoms with Gasteiger partial charge in [0.2, 0.25) is 5.91 Å². The molecule has 4 rings (SSSR count). The standard InChI is InChI=1S/C23H30N6O3/c1-15-8-10-23(11-9-15)20(31)28(21(32)26-23)14-19(30)25-18-13-16(22(2,3)4)27-29(18)17-7-5-6-12-24-17/h5-7,12-13,15H,8-11,14H2,1-4H3,(H,25,30)(H,26,32). The first kappa shape index (κ1) is 22.0. The van der Waals surface area contributed by atoms with E-state index in [1.165, 1.54) is 0 Å². The number of pyridine rings is 1. The van der Waals surface area contributed by atoms with Crippen LogP contribution in [-0.4, -0.2) is 49.6 Å². The lowest BCUT2D eigenvalue weighted by atomic mass is 9.77. The van der Waals surface area contributed by atoms with Crippen molar-refractivity contribution in [1.82, 2.24) is 25.0 Å². The normalized spacial score (nSPS) is 23.5. The molecule has 0 unspecified atom stereocenters. The van der Waals surface area contributed by atoms with Crippen molar-refractivity contribution in [3.05, 3.63) is 36.2 Å². The highest BCUT2D eigenvalue weighted by Gasteiger charge is 2.52. The first-order valence-electron chi connectivity index (χ1n) is 11.0. The number of urea groups is 1. The van der Waals surface area contributed by atoms with Gasteiger partial charge in [-0.3, -0.25) is 14.5 Å². The first-order valence-corrected chi connectivity index (χ1v) is 11.0. The quantitative estimate of drug-likeness (QED) is 0.713. The van der Waals surface area contributed by atoms with Crippen LogP contribution in [0.3, 0.4) is 0 Å². The summed E-state index contributed by atoms with van der Waals surface area (Å²) in [4.78, 5) is 43.8. The van der Waals surface area contributed by atoms with Crippen molar-refractivity contribution < 1.29 is 14.4 Å². The van der Waals surface area contributed by atoms with Crippen LogP contribution in [0.5, 0.6) is 0 Å². The van der Waals surface area contributed by atoms with Gasteiger partial charge in [-0.15, -0.1) is 0 Å². The summed E-state index contributed by atoms with van der Waals surface area (Å²) in [6, 6.07) is 6.72. The lowest BCUT2D eigenvalue weighted by Crippen LogP contribution is -2.49. The molecule has 2 aromatic rings. The van der Waals surface area contributed by atoms with Gasteiger partial charge in [0.15, 0.2) is 5.82 Å². The minimum Gasteiger partial charge on any atom is -0.323 e. The van der Waals surface area contributed by atoms with E-state index >= 15 is 0 Å². The van der Waals surface area contributed by atoms with Crippen molar-refractivity contribution in [1.29, 1.82) is 0 Å². The third-order valence-electron chi connectivity index (χ3n) is 6.29. The summed E-state index contributed by atoms with van der Waals surface area (Å²) in [7, 11) is 0. The van der Waals surface area contributed by atoms with E-state index in [9.17, 15) is 14.4 Å². The smallest absolute Gasteiger partial charge is 0.323 e. The summed E-state index contributed by atoms with van der Waals surface area (Å²) in [5.74, 6) is 0.757. The van der Waals surface area contributed by atoms with E-state index < -0.39 is 17.5 Å². The molecule has 170 valence electrons. The summed E-state index contributed by atoms with van der Waals surface area (Å²) in [6.07, 6.45) is 4.63. The van der Waals surface area contributed by atoms with E-state index in [0.717, 1.165) is 23.4 Å². The van der Waals surface area contributed by atoms with Gasteiger partial charge < -0.3 is 10.6 Å². The molecule has 2 aromatic heterocycles. The average molecular weight is 439 g/mol. The van der Waals surface area contributed by atoms with Crippen molar-refractivity contribution in [2.24, 2.45) is 5.92 Å². The summed E-state index contributed by atoms with van der Waals surface area (Å²) < 4.78 is 1.56. The monoisotopic (exact) mass is 438 g/mol. The van der Waals surface area contributed by atoms with Crippen LogP contribution >= 0.6 is 0 Å². The molecule has 1 aliphatic heterocycles. The number of hydrogen-bond donors (Lipinski definition) is 2. The Morgan fingerprint density at radius 3 is 2.59 bits per heavy atom. The molecule has 1 spiro atoms. The molecule has 4 amide bonds. The number of nitrogens with one attached hydrogen (secondary N) is 2. The molecule has 2 fully saturated rings. The molecule has 32 heavy (non-hydrogen) atoms. The third kappa shape index (κ3) is 4.11. The molecule has 9 nitrogen and oxygen atoms in total.